The van der Waals surface area contributed by atoms with Crippen LogP contribution in [0.3, 0.4) is 0 Å². The van der Waals surface area contributed by atoms with Crippen LogP contribution in [0, 0.1) is 0 Å². The van der Waals surface area contributed by atoms with Gasteiger partial charge < -0.3 is 9.84 Å². The van der Waals surface area contributed by atoms with Gasteiger partial charge in [0.15, 0.2) is 5.69 Å². The molecule has 1 N–H and O–H groups in total. The first kappa shape index (κ1) is 17.0. The summed E-state index contributed by atoms with van der Waals surface area (Å²) in [5.41, 5.74) is 2.26. The molecule has 0 aromatic carbocycles. The van der Waals surface area contributed by atoms with Crippen molar-refractivity contribution < 1.29 is 9.32 Å². The van der Waals surface area contributed by atoms with E-state index in [1.165, 1.54) is 0 Å². The van der Waals surface area contributed by atoms with Gasteiger partial charge in [-0.1, -0.05) is 16.4 Å². The van der Waals surface area contributed by atoms with Crippen LogP contribution in [0.4, 0.5) is 0 Å². The normalized spacial score (nSPS) is 10.8. The van der Waals surface area contributed by atoms with E-state index < -0.39 is 0 Å². The van der Waals surface area contributed by atoms with E-state index in [9.17, 15) is 4.79 Å². The average Bonchev–Trinajstić information content (AvgIpc) is 3.43. The van der Waals surface area contributed by atoms with Gasteiger partial charge in [-0.15, -0.1) is 5.10 Å². The zero-order valence-corrected chi connectivity index (χ0v) is 15.0. The molecule has 10 heteroatoms. The van der Waals surface area contributed by atoms with Crippen molar-refractivity contribution in [3.8, 4) is 23.0 Å². The molecule has 0 aliphatic carbocycles. The van der Waals surface area contributed by atoms with Crippen molar-refractivity contribution in [3.63, 3.8) is 0 Å². The molecule has 0 aliphatic heterocycles. The summed E-state index contributed by atoms with van der Waals surface area (Å²) in [5, 5.41) is 18.8. The molecule has 0 bridgehead atoms. The van der Waals surface area contributed by atoms with Gasteiger partial charge >= 0.3 is 0 Å². The maximum atomic E-state index is 11.9. The smallest absolute Gasteiger partial charge is 0.280 e. The molecule has 0 aliphatic rings. The van der Waals surface area contributed by atoms with Crippen LogP contribution < -0.4 is 5.32 Å². The Labute approximate surface area is 158 Å². The molecule has 136 valence electrons. The van der Waals surface area contributed by atoms with E-state index in [0.717, 1.165) is 11.1 Å². The minimum absolute atomic E-state index is 0.0688. The van der Waals surface area contributed by atoms with Gasteiger partial charge in [0.05, 0.1) is 19.2 Å². The summed E-state index contributed by atoms with van der Waals surface area (Å²) in [7, 11) is 0. The summed E-state index contributed by atoms with van der Waals surface area (Å²) in [6, 6.07) is 5.59. The number of rotatable bonds is 7. The van der Waals surface area contributed by atoms with Crippen LogP contribution in [0.2, 0.25) is 0 Å². The Morgan fingerprint density at radius 2 is 2.30 bits per heavy atom. The maximum Gasteiger partial charge on any atom is 0.280 e. The molecule has 4 rings (SSSR count). The quantitative estimate of drug-likeness (QED) is 0.519. The number of carbonyl (C=O) groups is 1. The third-order valence-corrected chi connectivity index (χ3v) is 4.40. The molecule has 27 heavy (non-hydrogen) atoms. The lowest BCUT2D eigenvalue weighted by Gasteiger charge is -2.04. The van der Waals surface area contributed by atoms with Gasteiger partial charge in [0.25, 0.3) is 5.89 Å². The fourth-order valence-electron chi connectivity index (χ4n) is 2.40. The van der Waals surface area contributed by atoms with Crippen LogP contribution in [-0.2, 0) is 17.8 Å². The summed E-state index contributed by atoms with van der Waals surface area (Å²) in [6.07, 6.45) is 5.36. The van der Waals surface area contributed by atoms with Crippen molar-refractivity contribution in [1.82, 2.24) is 35.4 Å². The fourth-order valence-corrected chi connectivity index (χ4v) is 3.04. The van der Waals surface area contributed by atoms with Crippen LogP contribution >= 0.6 is 11.3 Å². The highest BCUT2D eigenvalue weighted by Crippen LogP contribution is 2.22. The Bertz CT molecular complexity index is 1010. The molecule has 0 radical (unpaired) electrons. The largest absolute Gasteiger partial charge is 0.354 e. The standard InChI is InChI=1S/C17H15N7O2S/c25-15(8-12-2-1-4-18-9-12)19-5-6-24-10-14(21-23-24)17-20-16(22-26-17)13-3-7-27-11-13/h1-4,7,9-11H,5-6,8H2,(H,19,25). The number of hydrogen-bond donors (Lipinski definition) is 1. The van der Waals surface area contributed by atoms with Gasteiger partial charge in [-0.3, -0.25) is 9.78 Å². The van der Waals surface area contributed by atoms with Crippen molar-refractivity contribution in [3.05, 3.63) is 53.1 Å². The second-order valence-corrected chi connectivity index (χ2v) is 6.47. The van der Waals surface area contributed by atoms with Crippen molar-refractivity contribution >= 4 is 17.2 Å². The van der Waals surface area contributed by atoms with Crippen LogP contribution in [0.5, 0.6) is 0 Å². The lowest BCUT2D eigenvalue weighted by Crippen LogP contribution is -2.28. The minimum Gasteiger partial charge on any atom is -0.354 e. The van der Waals surface area contributed by atoms with Gasteiger partial charge in [-0.05, 0) is 23.1 Å². The Morgan fingerprint density at radius 1 is 1.33 bits per heavy atom. The molecule has 1 amide bonds. The van der Waals surface area contributed by atoms with E-state index in [-0.39, 0.29) is 5.91 Å². The molecular weight excluding hydrogens is 366 g/mol. The first-order valence-electron chi connectivity index (χ1n) is 8.20. The Kier molecular flexibility index (Phi) is 4.97. The monoisotopic (exact) mass is 381 g/mol. The van der Waals surface area contributed by atoms with Crippen molar-refractivity contribution in [2.45, 2.75) is 13.0 Å². The Hall–Kier alpha value is -3.40. The molecule has 0 fully saturated rings. The molecule has 0 saturated carbocycles. The van der Waals surface area contributed by atoms with E-state index in [0.29, 0.717) is 36.9 Å². The molecule has 0 unspecified atom stereocenters. The van der Waals surface area contributed by atoms with Crippen LogP contribution in [0.15, 0.2) is 52.1 Å². The molecule has 4 aromatic rings. The highest BCUT2D eigenvalue weighted by Gasteiger charge is 2.14. The van der Waals surface area contributed by atoms with Gasteiger partial charge in [-0.25, -0.2) is 4.68 Å². The number of hydrogen-bond acceptors (Lipinski definition) is 8. The van der Waals surface area contributed by atoms with Gasteiger partial charge in [0.1, 0.15) is 0 Å². The molecule has 4 aromatic heterocycles. The summed E-state index contributed by atoms with van der Waals surface area (Å²) in [6.45, 7) is 0.920. The van der Waals surface area contributed by atoms with E-state index in [2.05, 4.69) is 30.8 Å². The number of nitrogens with zero attached hydrogens (tertiary/aromatic N) is 6. The molecule has 9 nitrogen and oxygen atoms in total. The summed E-state index contributed by atoms with van der Waals surface area (Å²) in [4.78, 5) is 20.3. The van der Waals surface area contributed by atoms with Crippen LogP contribution in [0.1, 0.15) is 5.56 Å². The molecular formula is C17H15N7O2S. The number of nitrogens with one attached hydrogen (secondary N) is 1. The number of aromatic nitrogens is 6. The lowest BCUT2D eigenvalue weighted by molar-refractivity contribution is -0.120. The van der Waals surface area contributed by atoms with Gasteiger partial charge in [-0.2, -0.15) is 16.3 Å². The zero-order valence-electron chi connectivity index (χ0n) is 14.1. The summed E-state index contributed by atoms with van der Waals surface area (Å²) in [5.74, 6) is 0.757. The Balaban J connectivity index is 1.30. The molecule has 0 spiro atoms. The minimum atomic E-state index is -0.0688. The van der Waals surface area contributed by atoms with Crippen LogP contribution in [-0.4, -0.2) is 42.6 Å². The zero-order chi connectivity index (χ0) is 18.5. The predicted octanol–water partition coefficient (Wildman–Crippen LogP) is 1.81. The van der Waals surface area contributed by atoms with E-state index in [1.54, 1.807) is 40.7 Å². The van der Waals surface area contributed by atoms with E-state index >= 15 is 0 Å². The first-order chi connectivity index (χ1) is 13.3. The number of pyridine rings is 1. The summed E-state index contributed by atoms with van der Waals surface area (Å²) >= 11 is 1.56. The lowest BCUT2D eigenvalue weighted by atomic mass is 10.2. The third-order valence-electron chi connectivity index (χ3n) is 3.71. The third kappa shape index (κ3) is 4.23. The number of carbonyl (C=O) groups excluding carboxylic acids is 1. The summed E-state index contributed by atoms with van der Waals surface area (Å²) < 4.78 is 6.87. The van der Waals surface area contributed by atoms with E-state index in [1.807, 2.05) is 22.9 Å². The maximum absolute atomic E-state index is 11.9. The van der Waals surface area contributed by atoms with Crippen LogP contribution in [0.25, 0.3) is 23.0 Å². The van der Waals surface area contributed by atoms with Crippen molar-refractivity contribution in [1.29, 1.82) is 0 Å². The van der Waals surface area contributed by atoms with Crippen molar-refractivity contribution in [2.24, 2.45) is 0 Å². The Morgan fingerprint density at radius 3 is 3.11 bits per heavy atom. The number of thiophene rings is 1. The topological polar surface area (TPSA) is 112 Å². The number of amides is 1. The molecule has 4 heterocycles. The highest BCUT2D eigenvalue weighted by molar-refractivity contribution is 7.08. The average molecular weight is 381 g/mol. The molecule has 0 atom stereocenters. The first-order valence-corrected chi connectivity index (χ1v) is 9.14. The fraction of sp³-hybridized carbons (Fsp3) is 0.176. The molecule has 0 saturated heterocycles. The van der Waals surface area contributed by atoms with Gasteiger partial charge in [0.2, 0.25) is 11.7 Å². The van der Waals surface area contributed by atoms with Crippen molar-refractivity contribution in [2.75, 3.05) is 6.54 Å². The predicted molar refractivity (Wildman–Crippen MR) is 97.6 cm³/mol. The highest BCUT2D eigenvalue weighted by atomic mass is 32.1. The second kappa shape index (κ2) is 7.87. The second-order valence-electron chi connectivity index (χ2n) is 5.69. The SMILES string of the molecule is O=C(Cc1cccnc1)NCCn1cc(-c2nc(-c3ccsc3)no2)nn1. The van der Waals surface area contributed by atoms with E-state index in [4.69, 9.17) is 4.52 Å². The van der Waals surface area contributed by atoms with Gasteiger partial charge in [0, 0.05) is 29.9 Å².